The van der Waals surface area contributed by atoms with Crippen molar-refractivity contribution in [1.82, 2.24) is 4.90 Å². The first-order valence-corrected chi connectivity index (χ1v) is 11.9. The van der Waals surface area contributed by atoms with Gasteiger partial charge in [-0.05, 0) is 58.9 Å². The molecule has 0 radical (unpaired) electrons. The molecular formula is C24H26BrN3OS. The molecule has 2 heterocycles. The predicted molar refractivity (Wildman–Crippen MR) is 130 cm³/mol. The van der Waals surface area contributed by atoms with Crippen molar-refractivity contribution in [1.29, 1.82) is 0 Å². The molecule has 4 rings (SSSR count). The maximum absolute atomic E-state index is 12.8. The van der Waals surface area contributed by atoms with Crippen LogP contribution in [0.1, 0.15) is 33.8 Å². The highest BCUT2D eigenvalue weighted by Gasteiger charge is 2.25. The molecular weight excluding hydrogens is 458 g/mol. The molecule has 30 heavy (non-hydrogen) atoms. The molecule has 0 saturated carbocycles. The van der Waals surface area contributed by atoms with Crippen LogP contribution in [0.15, 0.2) is 64.5 Å². The van der Waals surface area contributed by atoms with E-state index >= 15 is 0 Å². The first-order valence-electron chi connectivity index (χ1n) is 10.2. The molecule has 156 valence electrons. The van der Waals surface area contributed by atoms with Crippen LogP contribution in [-0.2, 0) is 0 Å². The average Bonchev–Trinajstić information content (AvgIpc) is 3.20. The Hall–Kier alpha value is -2.31. The molecule has 0 bridgehead atoms. The molecule has 4 nitrogen and oxygen atoms in total. The fourth-order valence-electron chi connectivity index (χ4n) is 3.78. The topological polar surface area (TPSA) is 35.6 Å². The van der Waals surface area contributed by atoms with Crippen molar-refractivity contribution in [2.45, 2.75) is 19.9 Å². The monoisotopic (exact) mass is 483 g/mol. The van der Waals surface area contributed by atoms with E-state index < -0.39 is 0 Å². The van der Waals surface area contributed by atoms with Gasteiger partial charge in [0.2, 0.25) is 0 Å². The number of halogens is 1. The first-order chi connectivity index (χ1) is 14.5. The number of nitrogens with one attached hydrogen (secondary N) is 1. The lowest BCUT2D eigenvalue weighted by Crippen LogP contribution is -2.48. The summed E-state index contributed by atoms with van der Waals surface area (Å²) in [6, 6.07) is 19.3. The summed E-state index contributed by atoms with van der Waals surface area (Å²) in [6.45, 7) is 7.41. The van der Waals surface area contributed by atoms with E-state index in [1.807, 2.05) is 16.3 Å². The maximum Gasteiger partial charge on any atom is 0.265 e. The van der Waals surface area contributed by atoms with Crippen molar-refractivity contribution in [2.24, 2.45) is 0 Å². The van der Waals surface area contributed by atoms with Crippen molar-refractivity contribution in [3.05, 3.63) is 80.5 Å². The molecule has 1 atom stereocenters. The zero-order chi connectivity index (χ0) is 21.1. The fourth-order valence-corrected chi connectivity index (χ4v) is 5.29. The van der Waals surface area contributed by atoms with Crippen LogP contribution < -0.4 is 10.2 Å². The van der Waals surface area contributed by atoms with Gasteiger partial charge in [0.25, 0.3) is 5.91 Å². The minimum Gasteiger partial charge on any atom is -0.377 e. The van der Waals surface area contributed by atoms with Gasteiger partial charge < -0.3 is 15.1 Å². The van der Waals surface area contributed by atoms with Crippen LogP contribution in [0.3, 0.4) is 0 Å². The molecule has 6 heteroatoms. The third-order valence-corrected chi connectivity index (χ3v) is 7.40. The lowest BCUT2D eigenvalue weighted by atomic mass is 10.1. The molecule has 1 unspecified atom stereocenters. The van der Waals surface area contributed by atoms with E-state index in [1.54, 1.807) is 0 Å². The van der Waals surface area contributed by atoms with Crippen molar-refractivity contribution in [3.63, 3.8) is 0 Å². The van der Waals surface area contributed by atoms with E-state index in [2.05, 4.69) is 88.5 Å². The molecule has 1 amide bonds. The highest BCUT2D eigenvalue weighted by Crippen LogP contribution is 2.31. The molecule has 3 aromatic rings. The van der Waals surface area contributed by atoms with E-state index in [9.17, 15) is 4.79 Å². The molecule has 1 saturated heterocycles. The van der Waals surface area contributed by atoms with Crippen molar-refractivity contribution >= 4 is 44.5 Å². The van der Waals surface area contributed by atoms with Crippen molar-refractivity contribution < 1.29 is 4.79 Å². The van der Waals surface area contributed by atoms with Gasteiger partial charge in [0.15, 0.2) is 0 Å². The molecule has 1 N–H and O–H groups in total. The second-order valence-corrected chi connectivity index (χ2v) is 9.44. The van der Waals surface area contributed by atoms with E-state index in [1.165, 1.54) is 28.2 Å². The van der Waals surface area contributed by atoms with Gasteiger partial charge in [0.05, 0.1) is 11.4 Å². The Labute approximate surface area is 190 Å². The molecule has 1 aromatic heterocycles. The second kappa shape index (κ2) is 9.23. The van der Waals surface area contributed by atoms with Gasteiger partial charge in [-0.25, -0.2) is 0 Å². The SMILES string of the molecule is Cc1ccc(C(C)Nc2ccccc2N2CCN(C(=O)c3sccc3Br)CC2)cc1. The zero-order valence-corrected chi connectivity index (χ0v) is 19.7. The number of amides is 1. The van der Waals surface area contributed by atoms with E-state index in [-0.39, 0.29) is 11.9 Å². The highest BCUT2D eigenvalue weighted by atomic mass is 79.9. The van der Waals surface area contributed by atoms with E-state index in [4.69, 9.17) is 0 Å². The number of anilines is 2. The first kappa shape index (κ1) is 20.9. The van der Waals surface area contributed by atoms with Gasteiger partial charge in [-0.15, -0.1) is 11.3 Å². The molecule has 0 spiro atoms. The number of para-hydroxylation sites is 2. The number of piperazine rings is 1. The number of aryl methyl sites for hydroxylation is 1. The number of thiophene rings is 1. The molecule has 2 aromatic carbocycles. The summed E-state index contributed by atoms with van der Waals surface area (Å²) in [5.41, 5.74) is 4.87. The molecule has 1 fully saturated rings. The number of carbonyl (C=O) groups is 1. The van der Waals surface area contributed by atoms with Gasteiger partial charge in [-0.1, -0.05) is 42.0 Å². The number of nitrogens with zero attached hydrogens (tertiary/aromatic N) is 2. The normalized spacial score (nSPS) is 15.2. The Morgan fingerprint density at radius 2 is 1.73 bits per heavy atom. The minimum atomic E-state index is 0.121. The van der Waals surface area contributed by atoms with Gasteiger partial charge in [0, 0.05) is 36.7 Å². The Kier molecular flexibility index (Phi) is 6.44. The second-order valence-electron chi connectivity index (χ2n) is 7.67. The summed E-state index contributed by atoms with van der Waals surface area (Å²) < 4.78 is 0.888. The molecule has 0 aliphatic carbocycles. The summed E-state index contributed by atoms with van der Waals surface area (Å²) in [7, 11) is 0. The van der Waals surface area contributed by atoms with Crippen molar-refractivity contribution in [3.8, 4) is 0 Å². The van der Waals surface area contributed by atoms with E-state index in [0.717, 1.165) is 41.2 Å². The summed E-state index contributed by atoms with van der Waals surface area (Å²) in [6.07, 6.45) is 0. The van der Waals surface area contributed by atoms with Gasteiger partial charge in [-0.2, -0.15) is 0 Å². The Morgan fingerprint density at radius 3 is 2.40 bits per heavy atom. The smallest absolute Gasteiger partial charge is 0.265 e. The quantitative estimate of drug-likeness (QED) is 0.486. The highest BCUT2D eigenvalue weighted by molar-refractivity contribution is 9.10. The Morgan fingerprint density at radius 1 is 1.03 bits per heavy atom. The van der Waals surface area contributed by atoms with Crippen LogP contribution in [0, 0.1) is 6.92 Å². The average molecular weight is 484 g/mol. The Bertz CT molecular complexity index is 1010. The summed E-state index contributed by atoms with van der Waals surface area (Å²) in [4.78, 5) is 17.9. The van der Waals surface area contributed by atoms with Crippen LogP contribution >= 0.6 is 27.3 Å². The third-order valence-electron chi connectivity index (χ3n) is 5.57. The zero-order valence-electron chi connectivity index (χ0n) is 17.3. The van der Waals surface area contributed by atoms with Crippen LogP contribution in [0.25, 0.3) is 0 Å². The van der Waals surface area contributed by atoms with Gasteiger partial charge in [-0.3, -0.25) is 4.79 Å². The maximum atomic E-state index is 12.8. The number of hydrogen-bond acceptors (Lipinski definition) is 4. The summed E-state index contributed by atoms with van der Waals surface area (Å²) in [5.74, 6) is 0.121. The lowest BCUT2D eigenvalue weighted by molar-refractivity contribution is 0.0751. The molecule has 1 aliphatic heterocycles. The molecule has 1 aliphatic rings. The number of rotatable bonds is 5. The van der Waals surface area contributed by atoms with Gasteiger partial charge in [0.1, 0.15) is 4.88 Å². The van der Waals surface area contributed by atoms with Crippen LogP contribution in [-0.4, -0.2) is 37.0 Å². The Balaban J connectivity index is 1.44. The summed E-state index contributed by atoms with van der Waals surface area (Å²) >= 11 is 4.98. The van der Waals surface area contributed by atoms with Crippen LogP contribution in [0.2, 0.25) is 0 Å². The third kappa shape index (κ3) is 4.55. The standard InChI is InChI=1S/C24H26BrN3OS/c1-17-7-9-19(10-8-17)18(2)26-21-5-3-4-6-22(21)27-12-14-28(15-13-27)24(29)23-20(25)11-16-30-23/h3-11,16,18,26H,12-15H2,1-2H3. The lowest BCUT2D eigenvalue weighted by Gasteiger charge is -2.37. The predicted octanol–water partition coefficient (Wildman–Crippen LogP) is 5.95. The minimum absolute atomic E-state index is 0.121. The fraction of sp³-hybridized carbons (Fsp3) is 0.292. The largest absolute Gasteiger partial charge is 0.377 e. The van der Waals surface area contributed by atoms with E-state index in [0.29, 0.717) is 0 Å². The van der Waals surface area contributed by atoms with Crippen molar-refractivity contribution in [2.75, 3.05) is 36.4 Å². The number of benzene rings is 2. The number of carbonyl (C=O) groups excluding carboxylic acids is 1. The summed E-state index contributed by atoms with van der Waals surface area (Å²) in [5, 5.41) is 5.63. The number of hydrogen-bond donors (Lipinski definition) is 1. The van der Waals surface area contributed by atoms with Gasteiger partial charge >= 0.3 is 0 Å². The van der Waals surface area contributed by atoms with Crippen LogP contribution in [0.5, 0.6) is 0 Å². The van der Waals surface area contributed by atoms with Crippen LogP contribution in [0.4, 0.5) is 11.4 Å².